The maximum Gasteiger partial charge on any atom is 0.140 e. The van der Waals surface area contributed by atoms with E-state index in [4.69, 9.17) is 11.6 Å². The maximum atomic E-state index is 12.8. The monoisotopic (exact) mass is 252 g/mol. The molecule has 0 fully saturated rings. The molecule has 1 aliphatic heterocycles. The first kappa shape index (κ1) is 11.7. The average molecular weight is 253 g/mol. The smallest absolute Gasteiger partial charge is 0.140 e. The number of hydrogen-bond acceptors (Lipinski definition) is 1. The standard InChI is InChI=1S/C13H14ClOP/c1-10-5-3-4-6-13(10)16(15)8-7-12(14)11(2)9-16/h3-8H,9H2,1-2H3. The Kier molecular flexibility index (Phi) is 3.10. The minimum Gasteiger partial charge on any atom is -0.314 e. The number of hydrogen-bond donors (Lipinski definition) is 0. The normalized spacial score (nSPS) is 24.9. The molecule has 1 unspecified atom stereocenters. The van der Waals surface area contributed by atoms with Gasteiger partial charge in [-0.1, -0.05) is 35.9 Å². The van der Waals surface area contributed by atoms with Crippen LogP contribution in [0.1, 0.15) is 12.5 Å². The van der Waals surface area contributed by atoms with Crippen LogP contribution in [0.5, 0.6) is 0 Å². The van der Waals surface area contributed by atoms with Gasteiger partial charge >= 0.3 is 0 Å². The van der Waals surface area contributed by atoms with Crippen LogP contribution in [0.3, 0.4) is 0 Å². The van der Waals surface area contributed by atoms with Crippen LogP contribution in [-0.4, -0.2) is 6.16 Å². The molecule has 1 aromatic rings. The van der Waals surface area contributed by atoms with Gasteiger partial charge in [-0.3, -0.25) is 0 Å². The molecule has 0 radical (unpaired) electrons. The lowest BCUT2D eigenvalue weighted by Crippen LogP contribution is -2.12. The van der Waals surface area contributed by atoms with Gasteiger partial charge in [0, 0.05) is 16.5 Å². The molecule has 0 N–H and O–H groups in total. The van der Waals surface area contributed by atoms with Crippen LogP contribution in [-0.2, 0) is 4.57 Å². The largest absolute Gasteiger partial charge is 0.314 e. The summed E-state index contributed by atoms with van der Waals surface area (Å²) in [6.45, 7) is 3.94. The molecule has 0 spiro atoms. The molecule has 1 aromatic carbocycles. The molecule has 1 aliphatic rings. The molecule has 1 heterocycles. The number of aryl methyl sites for hydroxylation is 1. The fourth-order valence-electron chi connectivity index (χ4n) is 1.96. The number of rotatable bonds is 1. The Morgan fingerprint density at radius 2 is 1.94 bits per heavy atom. The molecule has 0 saturated heterocycles. The number of halogens is 1. The van der Waals surface area contributed by atoms with E-state index in [0.717, 1.165) is 21.5 Å². The highest BCUT2D eigenvalue weighted by Crippen LogP contribution is 2.51. The Labute approximate surface area is 101 Å². The number of allylic oxidation sites excluding steroid dienone is 3. The first-order valence-corrected chi connectivity index (χ1v) is 7.56. The van der Waals surface area contributed by atoms with Crippen LogP contribution >= 0.6 is 18.7 Å². The third-order valence-corrected chi connectivity index (χ3v) is 6.21. The highest BCUT2D eigenvalue weighted by molar-refractivity contribution is 7.74. The van der Waals surface area contributed by atoms with Crippen LogP contribution in [0.15, 0.2) is 46.8 Å². The van der Waals surface area contributed by atoms with E-state index < -0.39 is 7.14 Å². The van der Waals surface area contributed by atoms with Crippen LogP contribution in [0.25, 0.3) is 0 Å². The topological polar surface area (TPSA) is 17.1 Å². The van der Waals surface area contributed by atoms with Crippen LogP contribution in [0.2, 0.25) is 0 Å². The van der Waals surface area contributed by atoms with Crippen molar-refractivity contribution in [3.8, 4) is 0 Å². The highest BCUT2D eigenvalue weighted by Gasteiger charge is 2.26. The van der Waals surface area contributed by atoms with Crippen molar-refractivity contribution in [2.75, 3.05) is 6.16 Å². The van der Waals surface area contributed by atoms with Crippen molar-refractivity contribution in [1.82, 2.24) is 0 Å². The van der Waals surface area contributed by atoms with Gasteiger partial charge in [0.15, 0.2) is 0 Å². The predicted octanol–water partition coefficient (Wildman–Crippen LogP) is 4.02. The van der Waals surface area contributed by atoms with E-state index in [0.29, 0.717) is 6.16 Å². The van der Waals surface area contributed by atoms with Crippen molar-refractivity contribution in [2.45, 2.75) is 13.8 Å². The Morgan fingerprint density at radius 1 is 1.25 bits per heavy atom. The summed E-state index contributed by atoms with van der Waals surface area (Å²) in [5.41, 5.74) is 2.09. The van der Waals surface area contributed by atoms with Gasteiger partial charge in [0.25, 0.3) is 0 Å². The molecule has 84 valence electrons. The van der Waals surface area contributed by atoms with Gasteiger partial charge < -0.3 is 4.57 Å². The molecule has 16 heavy (non-hydrogen) atoms. The molecule has 1 atom stereocenters. The molecule has 0 amide bonds. The van der Waals surface area contributed by atoms with Gasteiger partial charge in [-0.25, -0.2) is 0 Å². The van der Waals surface area contributed by atoms with E-state index in [2.05, 4.69) is 0 Å². The first-order chi connectivity index (χ1) is 7.53. The zero-order valence-electron chi connectivity index (χ0n) is 9.40. The molecule has 3 heteroatoms. The van der Waals surface area contributed by atoms with Crippen molar-refractivity contribution < 1.29 is 4.57 Å². The summed E-state index contributed by atoms with van der Waals surface area (Å²) in [7, 11) is -2.42. The lowest BCUT2D eigenvalue weighted by atomic mass is 10.2. The summed E-state index contributed by atoms with van der Waals surface area (Å²) in [5.74, 6) is 1.78. The van der Waals surface area contributed by atoms with Crippen molar-refractivity contribution in [3.63, 3.8) is 0 Å². The van der Waals surface area contributed by atoms with Crippen LogP contribution < -0.4 is 5.30 Å². The molecule has 2 rings (SSSR count). The fourth-order valence-corrected chi connectivity index (χ4v) is 4.98. The van der Waals surface area contributed by atoms with Crippen LogP contribution in [0.4, 0.5) is 0 Å². The second-order valence-electron chi connectivity index (χ2n) is 4.18. The van der Waals surface area contributed by atoms with Crippen molar-refractivity contribution in [3.05, 3.63) is 52.3 Å². The summed E-state index contributed by atoms with van der Waals surface area (Å²) >= 11 is 5.99. The summed E-state index contributed by atoms with van der Waals surface area (Å²) in [6, 6.07) is 7.85. The Hall–Kier alpha value is -0.780. The van der Waals surface area contributed by atoms with E-state index in [1.807, 2.05) is 38.1 Å². The quantitative estimate of drug-likeness (QED) is 0.690. The van der Waals surface area contributed by atoms with E-state index in [1.54, 1.807) is 11.9 Å². The molecule has 0 saturated carbocycles. The lowest BCUT2D eigenvalue weighted by molar-refractivity contribution is 0.587. The molecule has 1 nitrogen and oxygen atoms in total. The van der Waals surface area contributed by atoms with Gasteiger partial charge in [0.1, 0.15) is 7.14 Å². The SMILES string of the molecule is CC1=C(Cl)C=CP(=O)(c2ccccc2C)C1. The minimum absolute atomic E-state index is 0.563. The summed E-state index contributed by atoms with van der Waals surface area (Å²) in [5, 5.41) is 1.68. The molecular weight excluding hydrogens is 239 g/mol. The molecule has 0 aromatic heterocycles. The summed E-state index contributed by atoms with van der Waals surface area (Å²) in [4.78, 5) is 0. The van der Waals surface area contributed by atoms with Gasteiger partial charge in [-0.05, 0) is 36.9 Å². The average Bonchev–Trinajstić information content (AvgIpc) is 2.25. The van der Waals surface area contributed by atoms with Crippen molar-refractivity contribution in [1.29, 1.82) is 0 Å². The van der Waals surface area contributed by atoms with Gasteiger partial charge in [-0.15, -0.1) is 0 Å². The van der Waals surface area contributed by atoms with Crippen molar-refractivity contribution in [2.24, 2.45) is 0 Å². The second-order valence-corrected chi connectivity index (χ2v) is 7.28. The third kappa shape index (κ3) is 2.03. The van der Waals surface area contributed by atoms with Gasteiger partial charge in [-0.2, -0.15) is 0 Å². The summed E-state index contributed by atoms with van der Waals surface area (Å²) < 4.78 is 12.8. The Bertz CT molecular complexity index is 528. The lowest BCUT2D eigenvalue weighted by Gasteiger charge is -2.21. The van der Waals surface area contributed by atoms with Crippen LogP contribution in [0, 0.1) is 6.92 Å². The summed E-state index contributed by atoms with van der Waals surface area (Å²) in [6.07, 6.45) is 2.33. The number of benzene rings is 1. The molecular formula is C13H14ClOP. The molecule has 0 bridgehead atoms. The zero-order valence-corrected chi connectivity index (χ0v) is 11.1. The van der Waals surface area contributed by atoms with E-state index in [9.17, 15) is 4.57 Å². The van der Waals surface area contributed by atoms with Crippen molar-refractivity contribution >= 4 is 24.0 Å². The van der Waals surface area contributed by atoms with Gasteiger partial charge in [0.2, 0.25) is 0 Å². The van der Waals surface area contributed by atoms with E-state index >= 15 is 0 Å². The third-order valence-electron chi connectivity index (χ3n) is 2.86. The van der Waals surface area contributed by atoms with E-state index in [-0.39, 0.29) is 0 Å². The van der Waals surface area contributed by atoms with E-state index in [1.165, 1.54) is 0 Å². The zero-order chi connectivity index (χ0) is 11.8. The predicted molar refractivity (Wildman–Crippen MR) is 71.0 cm³/mol. The fraction of sp³-hybridized carbons (Fsp3) is 0.231. The first-order valence-electron chi connectivity index (χ1n) is 5.22. The second kappa shape index (κ2) is 4.24. The van der Waals surface area contributed by atoms with Gasteiger partial charge in [0.05, 0.1) is 0 Å². The maximum absolute atomic E-state index is 12.8. The molecule has 0 aliphatic carbocycles. The Morgan fingerprint density at radius 3 is 2.56 bits per heavy atom. The Balaban J connectivity index is 2.48. The minimum atomic E-state index is -2.42. The highest BCUT2D eigenvalue weighted by atomic mass is 35.5.